The van der Waals surface area contributed by atoms with Gasteiger partial charge in [-0.05, 0) is 93.7 Å². The minimum atomic E-state index is 0.865. The molecule has 0 bridgehead atoms. The monoisotopic (exact) mass is 844 g/mol. The van der Waals surface area contributed by atoms with Crippen LogP contribution in [-0.4, -0.2) is 0 Å². The van der Waals surface area contributed by atoms with E-state index in [0.717, 1.165) is 100 Å². The Balaban J connectivity index is 0.846. The first-order chi connectivity index (χ1) is 32.7. The standard InChI is InChI=1S/C62H40N2O2/c1-3-17-49-45(13-1)15-9-23-55(49)63(57-25-11-21-53-51-19-5-7-27-59(51)65-61(53)57)47-37-33-43(34-38-47)41-29-31-42(32-30-41)44-35-39-48(40-36-44)64(56-24-10-16-46-14-2-4-18-50(46)56)58-26-12-22-54-52-20-6-8-28-60(52)66-62(54)58/h1-40H. The molecule has 0 saturated heterocycles. The van der Waals surface area contributed by atoms with Gasteiger partial charge in [0.05, 0.1) is 22.7 Å². The van der Waals surface area contributed by atoms with Gasteiger partial charge in [-0.1, -0.05) is 182 Å². The third kappa shape index (κ3) is 6.22. The highest BCUT2D eigenvalue weighted by Gasteiger charge is 2.23. The lowest BCUT2D eigenvalue weighted by Crippen LogP contribution is -2.10. The molecule has 310 valence electrons. The minimum Gasteiger partial charge on any atom is -0.454 e. The van der Waals surface area contributed by atoms with E-state index in [1.54, 1.807) is 0 Å². The van der Waals surface area contributed by atoms with Crippen LogP contribution >= 0.6 is 0 Å². The van der Waals surface area contributed by atoms with E-state index in [0.29, 0.717) is 0 Å². The Morgan fingerprint density at radius 3 is 0.955 bits per heavy atom. The average Bonchev–Trinajstić information content (AvgIpc) is 3.97. The highest BCUT2D eigenvalue weighted by Crippen LogP contribution is 2.46. The van der Waals surface area contributed by atoms with Crippen molar-refractivity contribution in [3.63, 3.8) is 0 Å². The number of hydrogen-bond acceptors (Lipinski definition) is 4. The molecule has 4 heteroatoms. The fraction of sp³-hybridized carbons (Fsp3) is 0. The fourth-order valence-electron chi connectivity index (χ4n) is 9.90. The van der Waals surface area contributed by atoms with Crippen molar-refractivity contribution in [2.24, 2.45) is 0 Å². The second-order valence-corrected chi connectivity index (χ2v) is 16.8. The van der Waals surface area contributed by atoms with E-state index in [9.17, 15) is 0 Å². The molecule has 0 atom stereocenters. The van der Waals surface area contributed by atoms with E-state index in [1.807, 2.05) is 24.3 Å². The molecule has 0 aliphatic rings. The van der Waals surface area contributed by atoms with Gasteiger partial charge in [0.25, 0.3) is 0 Å². The third-order valence-corrected chi connectivity index (χ3v) is 13.1. The van der Waals surface area contributed by atoms with Crippen molar-refractivity contribution >= 4 is 99.5 Å². The molecule has 13 aromatic rings. The van der Waals surface area contributed by atoms with E-state index in [4.69, 9.17) is 8.83 Å². The molecular weight excluding hydrogens is 805 g/mol. The summed E-state index contributed by atoms with van der Waals surface area (Å²) in [5, 5.41) is 9.14. The minimum absolute atomic E-state index is 0.865. The van der Waals surface area contributed by atoms with Crippen LogP contribution in [0.25, 0.3) is 87.7 Å². The molecule has 0 N–H and O–H groups in total. The maximum Gasteiger partial charge on any atom is 0.159 e. The maximum absolute atomic E-state index is 6.61. The molecular formula is C62H40N2O2. The van der Waals surface area contributed by atoms with Crippen LogP contribution in [0.5, 0.6) is 0 Å². The molecule has 0 spiro atoms. The van der Waals surface area contributed by atoms with Gasteiger partial charge in [0.1, 0.15) is 11.2 Å². The van der Waals surface area contributed by atoms with Gasteiger partial charge in [0, 0.05) is 43.7 Å². The van der Waals surface area contributed by atoms with Crippen LogP contribution in [0, 0.1) is 0 Å². The number of furan rings is 2. The van der Waals surface area contributed by atoms with Crippen LogP contribution in [-0.2, 0) is 0 Å². The van der Waals surface area contributed by atoms with Gasteiger partial charge in [-0.2, -0.15) is 0 Å². The second kappa shape index (κ2) is 15.4. The van der Waals surface area contributed by atoms with Crippen LogP contribution in [0.2, 0.25) is 0 Å². The molecule has 11 aromatic carbocycles. The molecule has 0 unspecified atom stereocenters. The van der Waals surface area contributed by atoms with Crippen molar-refractivity contribution in [2.45, 2.75) is 0 Å². The van der Waals surface area contributed by atoms with Crippen LogP contribution in [0.1, 0.15) is 0 Å². The van der Waals surface area contributed by atoms with E-state index in [2.05, 4.69) is 228 Å². The van der Waals surface area contributed by atoms with Gasteiger partial charge < -0.3 is 18.6 Å². The number of rotatable bonds is 8. The number of fused-ring (bicyclic) bond motifs is 8. The molecule has 66 heavy (non-hydrogen) atoms. The summed E-state index contributed by atoms with van der Waals surface area (Å²) < 4.78 is 13.2. The summed E-state index contributed by atoms with van der Waals surface area (Å²) in [4.78, 5) is 4.67. The molecule has 0 fully saturated rings. The van der Waals surface area contributed by atoms with Crippen molar-refractivity contribution in [3.05, 3.63) is 243 Å². The highest BCUT2D eigenvalue weighted by molar-refractivity contribution is 6.13. The van der Waals surface area contributed by atoms with Gasteiger partial charge >= 0.3 is 0 Å². The Morgan fingerprint density at radius 2 is 0.530 bits per heavy atom. The zero-order chi connectivity index (χ0) is 43.6. The molecule has 0 radical (unpaired) electrons. The Kier molecular flexibility index (Phi) is 8.81. The first-order valence-electron chi connectivity index (χ1n) is 22.4. The number of nitrogens with zero attached hydrogens (tertiary/aromatic N) is 2. The summed E-state index contributed by atoms with van der Waals surface area (Å²) >= 11 is 0. The molecule has 0 aliphatic heterocycles. The number of hydrogen-bond donors (Lipinski definition) is 0. The van der Waals surface area contributed by atoms with E-state index >= 15 is 0 Å². The summed E-state index contributed by atoms with van der Waals surface area (Å²) in [6, 6.07) is 86.3. The summed E-state index contributed by atoms with van der Waals surface area (Å²) in [6.45, 7) is 0. The van der Waals surface area contributed by atoms with E-state index in [1.165, 1.54) is 21.5 Å². The molecule has 2 heterocycles. The van der Waals surface area contributed by atoms with Gasteiger partial charge in [0.2, 0.25) is 0 Å². The topological polar surface area (TPSA) is 32.8 Å². The van der Waals surface area contributed by atoms with Crippen molar-refractivity contribution in [1.29, 1.82) is 0 Å². The van der Waals surface area contributed by atoms with E-state index in [-0.39, 0.29) is 0 Å². The van der Waals surface area contributed by atoms with Crippen molar-refractivity contribution in [3.8, 4) is 22.3 Å². The molecule has 0 saturated carbocycles. The van der Waals surface area contributed by atoms with Gasteiger partial charge in [0.15, 0.2) is 11.2 Å². The molecule has 0 amide bonds. The maximum atomic E-state index is 6.61. The van der Waals surface area contributed by atoms with Gasteiger partial charge in [-0.3, -0.25) is 0 Å². The molecule has 0 aliphatic carbocycles. The van der Waals surface area contributed by atoms with E-state index < -0.39 is 0 Å². The summed E-state index contributed by atoms with van der Waals surface area (Å²) in [5.41, 5.74) is 14.4. The number of benzene rings is 11. The highest BCUT2D eigenvalue weighted by atomic mass is 16.3. The number of para-hydroxylation sites is 4. The third-order valence-electron chi connectivity index (χ3n) is 13.1. The van der Waals surface area contributed by atoms with Crippen LogP contribution in [0.3, 0.4) is 0 Å². The molecule has 2 aromatic heterocycles. The van der Waals surface area contributed by atoms with Gasteiger partial charge in [-0.15, -0.1) is 0 Å². The summed E-state index contributed by atoms with van der Waals surface area (Å²) in [7, 11) is 0. The number of anilines is 6. The van der Waals surface area contributed by atoms with Crippen LogP contribution in [0.4, 0.5) is 34.1 Å². The summed E-state index contributed by atoms with van der Waals surface area (Å²) in [5.74, 6) is 0. The molecule has 13 rings (SSSR count). The largest absolute Gasteiger partial charge is 0.454 e. The Labute approximate surface area is 381 Å². The fourth-order valence-corrected chi connectivity index (χ4v) is 9.90. The SMILES string of the molecule is c1ccc2c(N(c3ccc(-c4ccc(-c5ccc(N(c6cccc7ccccc67)c6cccc7c6oc6ccccc67)cc5)cc4)cc3)c3cccc4c3oc3ccccc34)cccc2c1. The van der Waals surface area contributed by atoms with Crippen molar-refractivity contribution < 1.29 is 8.83 Å². The van der Waals surface area contributed by atoms with Gasteiger partial charge in [-0.25, -0.2) is 0 Å². The Morgan fingerprint density at radius 1 is 0.227 bits per heavy atom. The lowest BCUT2D eigenvalue weighted by Gasteiger charge is -2.27. The predicted molar refractivity (Wildman–Crippen MR) is 276 cm³/mol. The normalized spacial score (nSPS) is 11.6. The first kappa shape index (κ1) is 37.7. The first-order valence-corrected chi connectivity index (χ1v) is 22.4. The lowest BCUT2D eigenvalue weighted by molar-refractivity contribution is 0.669. The average molecular weight is 845 g/mol. The van der Waals surface area contributed by atoms with Crippen molar-refractivity contribution in [1.82, 2.24) is 0 Å². The zero-order valence-corrected chi connectivity index (χ0v) is 35.8. The van der Waals surface area contributed by atoms with Crippen molar-refractivity contribution in [2.75, 3.05) is 9.80 Å². The smallest absolute Gasteiger partial charge is 0.159 e. The van der Waals surface area contributed by atoms with Crippen LogP contribution in [0.15, 0.2) is 251 Å². The Hall–Kier alpha value is -8.86. The molecule has 4 nitrogen and oxygen atoms in total. The zero-order valence-electron chi connectivity index (χ0n) is 35.8. The quantitative estimate of drug-likeness (QED) is 0.153. The predicted octanol–water partition coefficient (Wildman–Crippen LogP) is 18.1. The van der Waals surface area contributed by atoms with Crippen LogP contribution < -0.4 is 9.80 Å². The lowest BCUT2D eigenvalue weighted by atomic mass is 9.99. The second-order valence-electron chi connectivity index (χ2n) is 16.8. The Bertz CT molecular complexity index is 3670. The summed E-state index contributed by atoms with van der Waals surface area (Å²) in [6.07, 6.45) is 0.